The van der Waals surface area contributed by atoms with Crippen molar-refractivity contribution in [1.82, 2.24) is 5.32 Å². The van der Waals surface area contributed by atoms with E-state index >= 15 is 0 Å². The van der Waals surface area contributed by atoms with Gasteiger partial charge in [0.1, 0.15) is 5.75 Å². The van der Waals surface area contributed by atoms with Crippen LogP contribution in [-0.2, 0) is 0 Å². The molecule has 1 aromatic carbocycles. The third-order valence-corrected chi connectivity index (χ3v) is 3.45. The number of hydrogen-bond donors (Lipinski definition) is 1. The second kappa shape index (κ2) is 6.60. The highest BCUT2D eigenvalue weighted by Gasteiger charge is 2.13. The molecule has 0 radical (unpaired) electrons. The summed E-state index contributed by atoms with van der Waals surface area (Å²) < 4.78 is 5.46. The lowest BCUT2D eigenvalue weighted by Crippen LogP contribution is -2.32. The Morgan fingerprint density at radius 2 is 2.06 bits per heavy atom. The van der Waals surface area contributed by atoms with Gasteiger partial charge in [-0.25, -0.2) is 0 Å². The van der Waals surface area contributed by atoms with Crippen LogP contribution in [0.3, 0.4) is 0 Å². The molecule has 0 saturated heterocycles. The van der Waals surface area contributed by atoms with Gasteiger partial charge < -0.3 is 10.1 Å². The van der Waals surface area contributed by atoms with Crippen molar-refractivity contribution in [3.05, 3.63) is 42.0 Å². The maximum atomic E-state index is 5.46. The zero-order chi connectivity index (χ0) is 12.8. The van der Waals surface area contributed by atoms with Gasteiger partial charge in [-0.05, 0) is 50.8 Å². The molecule has 0 amide bonds. The quantitative estimate of drug-likeness (QED) is 0.796. The fourth-order valence-corrected chi connectivity index (χ4v) is 2.41. The first-order valence-electron chi connectivity index (χ1n) is 6.93. The summed E-state index contributed by atoms with van der Waals surface area (Å²) in [5.41, 5.74) is 1.33. The van der Waals surface area contributed by atoms with Gasteiger partial charge in [-0.15, -0.1) is 0 Å². The summed E-state index contributed by atoms with van der Waals surface area (Å²) in [5.74, 6) is 0.953. The molecule has 0 fully saturated rings. The normalized spacial score (nSPS) is 20.7. The molecule has 0 aliphatic heterocycles. The first-order chi connectivity index (χ1) is 8.79. The molecule has 98 valence electrons. The first-order valence-corrected chi connectivity index (χ1v) is 6.93. The molecule has 0 heterocycles. The number of ether oxygens (including phenoxy) is 1. The van der Waals surface area contributed by atoms with Gasteiger partial charge in [0.05, 0.1) is 6.61 Å². The van der Waals surface area contributed by atoms with Crippen molar-refractivity contribution in [3.8, 4) is 5.75 Å². The van der Waals surface area contributed by atoms with Crippen LogP contribution in [0.1, 0.15) is 44.7 Å². The van der Waals surface area contributed by atoms with Crippen LogP contribution in [0.15, 0.2) is 36.4 Å². The van der Waals surface area contributed by atoms with E-state index in [1.807, 2.05) is 6.92 Å². The van der Waals surface area contributed by atoms with E-state index in [1.165, 1.54) is 18.4 Å². The van der Waals surface area contributed by atoms with Crippen molar-refractivity contribution in [2.45, 2.75) is 45.2 Å². The van der Waals surface area contributed by atoms with Gasteiger partial charge in [0.2, 0.25) is 0 Å². The number of benzene rings is 1. The molecule has 1 aliphatic rings. The van der Waals surface area contributed by atoms with Crippen LogP contribution in [0.2, 0.25) is 0 Å². The Morgan fingerprint density at radius 1 is 1.28 bits per heavy atom. The molecule has 2 rings (SSSR count). The molecule has 1 aromatic rings. The average molecular weight is 245 g/mol. The van der Waals surface area contributed by atoms with Crippen molar-refractivity contribution in [3.63, 3.8) is 0 Å². The summed E-state index contributed by atoms with van der Waals surface area (Å²) >= 11 is 0. The van der Waals surface area contributed by atoms with E-state index in [9.17, 15) is 0 Å². The molecular formula is C16H23NO. The Kier molecular flexibility index (Phi) is 4.82. The lowest BCUT2D eigenvalue weighted by atomic mass is 9.99. The molecule has 1 N–H and O–H groups in total. The van der Waals surface area contributed by atoms with E-state index in [1.54, 1.807) is 0 Å². The Bertz CT molecular complexity index is 383. The zero-order valence-corrected chi connectivity index (χ0v) is 11.4. The third-order valence-electron chi connectivity index (χ3n) is 3.45. The standard InChI is InChI=1S/C16H23NO/c1-3-18-16-11-9-14(10-12-16)13(2)17-15-7-5-4-6-8-15/h4-5,9-13,15,17H,3,6-8H2,1-2H3. The van der Waals surface area contributed by atoms with E-state index in [2.05, 4.69) is 48.7 Å². The largest absolute Gasteiger partial charge is 0.494 e. The molecule has 2 nitrogen and oxygen atoms in total. The van der Waals surface area contributed by atoms with Crippen molar-refractivity contribution < 1.29 is 4.74 Å². The van der Waals surface area contributed by atoms with E-state index < -0.39 is 0 Å². The van der Waals surface area contributed by atoms with E-state index in [4.69, 9.17) is 4.74 Å². The topological polar surface area (TPSA) is 21.3 Å². The van der Waals surface area contributed by atoms with E-state index in [-0.39, 0.29) is 0 Å². The summed E-state index contributed by atoms with van der Waals surface area (Å²) in [6, 6.07) is 9.44. The predicted molar refractivity (Wildman–Crippen MR) is 75.9 cm³/mol. The number of allylic oxidation sites excluding steroid dienone is 1. The monoisotopic (exact) mass is 245 g/mol. The molecule has 2 unspecified atom stereocenters. The molecule has 1 aliphatic carbocycles. The van der Waals surface area contributed by atoms with Crippen LogP contribution in [-0.4, -0.2) is 12.6 Å². The van der Waals surface area contributed by atoms with E-state index in [0.717, 1.165) is 18.8 Å². The minimum absolute atomic E-state index is 0.400. The minimum atomic E-state index is 0.400. The second-order valence-corrected chi connectivity index (χ2v) is 4.87. The second-order valence-electron chi connectivity index (χ2n) is 4.87. The summed E-state index contributed by atoms with van der Waals surface area (Å²) in [6.45, 7) is 4.96. The van der Waals surface area contributed by atoms with Crippen LogP contribution in [0.5, 0.6) is 5.75 Å². The molecule has 2 atom stereocenters. The van der Waals surface area contributed by atoms with Gasteiger partial charge in [-0.1, -0.05) is 24.3 Å². The number of hydrogen-bond acceptors (Lipinski definition) is 2. The fraction of sp³-hybridized carbons (Fsp3) is 0.500. The Hall–Kier alpha value is -1.28. The minimum Gasteiger partial charge on any atom is -0.494 e. The van der Waals surface area contributed by atoms with Gasteiger partial charge in [0.15, 0.2) is 0 Å². The fourth-order valence-electron chi connectivity index (χ4n) is 2.41. The molecular weight excluding hydrogens is 222 g/mol. The van der Waals surface area contributed by atoms with Crippen LogP contribution >= 0.6 is 0 Å². The lowest BCUT2D eigenvalue weighted by molar-refractivity contribution is 0.340. The molecule has 0 saturated carbocycles. The number of nitrogens with one attached hydrogen (secondary N) is 1. The summed E-state index contributed by atoms with van der Waals surface area (Å²) in [5, 5.41) is 3.69. The van der Waals surface area contributed by atoms with Crippen LogP contribution in [0.25, 0.3) is 0 Å². The molecule has 2 heteroatoms. The van der Waals surface area contributed by atoms with Crippen LogP contribution < -0.4 is 10.1 Å². The van der Waals surface area contributed by atoms with Crippen molar-refractivity contribution in [2.75, 3.05) is 6.61 Å². The molecule has 0 spiro atoms. The van der Waals surface area contributed by atoms with Gasteiger partial charge in [-0.3, -0.25) is 0 Å². The summed E-state index contributed by atoms with van der Waals surface area (Å²) in [7, 11) is 0. The summed E-state index contributed by atoms with van der Waals surface area (Å²) in [4.78, 5) is 0. The van der Waals surface area contributed by atoms with Crippen LogP contribution in [0, 0.1) is 0 Å². The first kappa shape index (κ1) is 13.2. The molecule has 0 bridgehead atoms. The van der Waals surface area contributed by atoms with Crippen molar-refractivity contribution in [1.29, 1.82) is 0 Å². The summed E-state index contributed by atoms with van der Waals surface area (Å²) in [6.07, 6.45) is 8.17. The molecule has 0 aromatic heterocycles. The highest BCUT2D eigenvalue weighted by molar-refractivity contribution is 5.29. The predicted octanol–water partition coefficient (Wildman–Crippen LogP) is 3.84. The third kappa shape index (κ3) is 3.61. The van der Waals surface area contributed by atoms with E-state index in [0.29, 0.717) is 12.1 Å². The SMILES string of the molecule is CCOc1ccc(C(C)NC2CC=CCC2)cc1. The van der Waals surface area contributed by atoms with Crippen molar-refractivity contribution in [2.24, 2.45) is 0 Å². The number of rotatable bonds is 5. The highest BCUT2D eigenvalue weighted by Crippen LogP contribution is 2.20. The average Bonchev–Trinajstić information content (AvgIpc) is 2.41. The lowest BCUT2D eigenvalue weighted by Gasteiger charge is -2.24. The van der Waals surface area contributed by atoms with Gasteiger partial charge in [0.25, 0.3) is 0 Å². The van der Waals surface area contributed by atoms with Gasteiger partial charge >= 0.3 is 0 Å². The maximum absolute atomic E-state index is 5.46. The Balaban J connectivity index is 1.91. The molecule has 18 heavy (non-hydrogen) atoms. The Morgan fingerprint density at radius 3 is 2.67 bits per heavy atom. The maximum Gasteiger partial charge on any atom is 0.119 e. The smallest absolute Gasteiger partial charge is 0.119 e. The van der Waals surface area contributed by atoms with Crippen molar-refractivity contribution >= 4 is 0 Å². The highest BCUT2D eigenvalue weighted by atomic mass is 16.5. The van der Waals surface area contributed by atoms with Gasteiger partial charge in [-0.2, -0.15) is 0 Å². The van der Waals surface area contributed by atoms with Gasteiger partial charge in [0, 0.05) is 12.1 Å². The Labute approximate surface area is 110 Å². The zero-order valence-electron chi connectivity index (χ0n) is 11.4. The van der Waals surface area contributed by atoms with Crippen LogP contribution in [0.4, 0.5) is 0 Å².